The van der Waals surface area contributed by atoms with Gasteiger partial charge < -0.3 is 19.1 Å². The first-order valence-corrected chi connectivity index (χ1v) is 13.8. The maximum absolute atomic E-state index is 12.6. The number of unbranched alkanes of at least 4 members (excludes halogenated alkanes) is 3. The number of aromatic nitrogens is 1. The molecule has 0 bridgehead atoms. The van der Waals surface area contributed by atoms with Gasteiger partial charge in [-0.05, 0) is 75.9 Å². The zero-order chi connectivity index (χ0) is 28.7. The van der Waals surface area contributed by atoms with Crippen LogP contribution in [0.4, 0.5) is 0 Å². The average molecular weight is 544 g/mol. The molecule has 0 aliphatic heterocycles. The van der Waals surface area contributed by atoms with Gasteiger partial charge in [0.15, 0.2) is 11.5 Å². The molecule has 0 saturated heterocycles. The van der Waals surface area contributed by atoms with Crippen LogP contribution in [0.1, 0.15) is 53.4 Å². The van der Waals surface area contributed by atoms with Gasteiger partial charge in [0.05, 0.1) is 23.3 Å². The van der Waals surface area contributed by atoms with Crippen LogP contribution >= 0.6 is 0 Å². The Balaban J connectivity index is 1.66. The van der Waals surface area contributed by atoms with E-state index in [0.717, 1.165) is 54.0 Å². The van der Waals surface area contributed by atoms with Crippen molar-refractivity contribution in [2.75, 3.05) is 6.61 Å². The van der Waals surface area contributed by atoms with Crippen molar-refractivity contribution < 1.29 is 14.6 Å². The minimum atomic E-state index is -0.617. The second-order valence-electron chi connectivity index (χ2n) is 10.8. The predicted octanol–water partition coefficient (Wildman–Crippen LogP) is 4.45. The summed E-state index contributed by atoms with van der Waals surface area (Å²) in [5.74, 6) is 0.179. The molecule has 1 N–H and O–H groups in total. The number of aliphatic hydroxyl groups is 1. The quantitative estimate of drug-likeness (QED) is 0.183. The summed E-state index contributed by atoms with van der Waals surface area (Å²) in [7, 11) is 0. The van der Waals surface area contributed by atoms with Crippen LogP contribution < -0.4 is 31.2 Å². The van der Waals surface area contributed by atoms with Gasteiger partial charge in [0.25, 0.3) is 10.9 Å². The standard InChI is InChI=1S/C32H33NO7/c1-17(2)39-31-25(27(35)29(31)37)19-9-11-23-21(15-19)22-16-20(26-28(36)30(38)32(26)40-18(3)4)10-12-24(22)33(23)13-7-5-6-8-14-34/h9-12,15-18,34H,5-8,13-14H2,1-4H3. The maximum atomic E-state index is 12.6. The number of nitrogens with zero attached hydrogens (tertiary/aromatic N) is 1. The lowest BCUT2D eigenvalue weighted by molar-refractivity contribution is 0.238. The third kappa shape index (κ3) is 4.66. The highest BCUT2D eigenvalue weighted by Gasteiger charge is 2.27. The molecule has 0 unspecified atom stereocenters. The molecule has 8 nitrogen and oxygen atoms in total. The van der Waals surface area contributed by atoms with Crippen LogP contribution in [0, 0.1) is 0 Å². The summed E-state index contributed by atoms with van der Waals surface area (Å²) >= 11 is 0. The Hall–Kier alpha value is -4.04. The molecule has 4 aromatic carbocycles. The normalized spacial score (nSPS) is 12.1. The molecule has 1 aromatic heterocycles. The van der Waals surface area contributed by atoms with E-state index in [9.17, 15) is 19.2 Å². The monoisotopic (exact) mass is 543 g/mol. The fraction of sp³-hybridized carbons (Fsp3) is 0.375. The zero-order valence-electron chi connectivity index (χ0n) is 23.2. The van der Waals surface area contributed by atoms with Gasteiger partial charge >= 0.3 is 0 Å². The topological polar surface area (TPSA) is 112 Å². The summed E-state index contributed by atoms with van der Waals surface area (Å²) in [6.07, 6.45) is 3.09. The summed E-state index contributed by atoms with van der Waals surface area (Å²) in [4.78, 5) is 49.6. The van der Waals surface area contributed by atoms with Crippen molar-refractivity contribution in [3.63, 3.8) is 0 Å². The van der Waals surface area contributed by atoms with Gasteiger partial charge in [0, 0.05) is 35.0 Å². The second kappa shape index (κ2) is 10.8. The van der Waals surface area contributed by atoms with E-state index in [1.165, 1.54) is 0 Å². The predicted molar refractivity (Wildman–Crippen MR) is 157 cm³/mol. The van der Waals surface area contributed by atoms with Crippen LogP contribution in [0.25, 0.3) is 44.1 Å². The Kier molecular flexibility index (Phi) is 7.47. The van der Waals surface area contributed by atoms with Gasteiger partial charge in [-0.3, -0.25) is 19.2 Å². The largest absolute Gasteiger partial charge is 0.486 e. The van der Waals surface area contributed by atoms with Crippen molar-refractivity contribution in [2.45, 2.75) is 72.1 Å². The van der Waals surface area contributed by atoms with Crippen LogP contribution in [0.5, 0.6) is 11.5 Å². The molecule has 40 heavy (non-hydrogen) atoms. The third-order valence-electron chi connectivity index (χ3n) is 7.17. The number of aliphatic hydroxyl groups excluding tert-OH is 1. The molecule has 0 aliphatic rings. The molecule has 0 aliphatic carbocycles. The molecular formula is C32H33NO7. The molecule has 5 aromatic rings. The van der Waals surface area contributed by atoms with Crippen LogP contribution in [-0.4, -0.2) is 28.5 Å². The molecular weight excluding hydrogens is 510 g/mol. The van der Waals surface area contributed by atoms with Gasteiger partial charge in [0.2, 0.25) is 10.9 Å². The van der Waals surface area contributed by atoms with Crippen molar-refractivity contribution in [1.29, 1.82) is 0 Å². The Bertz CT molecular complexity index is 1730. The number of rotatable bonds is 12. The van der Waals surface area contributed by atoms with Crippen molar-refractivity contribution in [3.8, 4) is 33.8 Å². The Morgan fingerprint density at radius 3 is 1.52 bits per heavy atom. The van der Waals surface area contributed by atoms with Crippen LogP contribution in [-0.2, 0) is 6.54 Å². The highest BCUT2D eigenvalue weighted by atomic mass is 16.5. The fourth-order valence-corrected chi connectivity index (χ4v) is 5.35. The van der Waals surface area contributed by atoms with Crippen molar-refractivity contribution in [2.24, 2.45) is 0 Å². The number of ether oxygens (including phenoxy) is 2. The van der Waals surface area contributed by atoms with E-state index in [4.69, 9.17) is 14.6 Å². The van der Waals surface area contributed by atoms with E-state index in [1.807, 2.05) is 36.4 Å². The van der Waals surface area contributed by atoms with Gasteiger partial charge in [-0.15, -0.1) is 0 Å². The molecule has 1 heterocycles. The lowest BCUT2D eigenvalue weighted by Crippen LogP contribution is -2.35. The first-order valence-electron chi connectivity index (χ1n) is 13.8. The minimum absolute atomic E-state index is 0.0897. The van der Waals surface area contributed by atoms with Crippen LogP contribution in [0.3, 0.4) is 0 Å². The van der Waals surface area contributed by atoms with E-state index in [-0.39, 0.29) is 41.4 Å². The zero-order valence-corrected chi connectivity index (χ0v) is 23.2. The van der Waals surface area contributed by atoms with Crippen LogP contribution in [0.15, 0.2) is 55.6 Å². The van der Waals surface area contributed by atoms with E-state index >= 15 is 0 Å². The number of benzene rings is 2. The molecule has 0 radical (unpaired) electrons. The number of hydrogen-bond acceptors (Lipinski definition) is 7. The van der Waals surface area contributed by atoms with E-state index in [1.54, 1.807) is 27.7 Å². The van der Waals surface area contributed by atoms with E-state index < -0.39 is 21.7 Å². The second-order valence-corrected chi connectivity index (χ2v) is 10.8. The molecule has 0 atom stereocenters. The van der Waals surface area contributed by atoms with Crippen molar-refractivity contribution >= 4 is 21.8 Å². The van der Waals surface area contributed by atoms with E-state index in [0.29, 0.717) is 11.1 Å². The Labute approximate surface area is 230 Å². The number of hydrogen-bond donors (Lipinski definition) is 1. The fourth-order valence-electron chi connectivity index (χ4n) is 5.35. The summed E-state index contributed by atoms with van der Waals surface area (Å²) < 4.78 is 13.5. The first-order chi connectivity index (χ1) is 19.1. The van der Waals surface area contributed by atoms with Crippen molar-refractivity contribution in [1.82, 2.24) is 4.57 Å². The minimum Gasteiger partial charge on any atom is -0.486 e. The molecule has 0 amide bonds. The molecule has 5 rings (SSSR count). The molecule has 208 valence electrons. The lowest BCUT2D eigenvalue weighted by atomic mass is 9.96. The summed E-state index contributed by atoms with van der Waals surface area (Å²) in [5, 5.41) is 10.8. The number of aryl methyl sites for hydroxylation is 1. The third-order valence-corrected chi connectivity index (χ3v) is 7.17. The smallest absolute Gasteiger partial charge is 0.268 e. The summed E-state index contributed by atoms with van der Waals surface area (Å²) in [6, 6.07) is 11.3. The van der Waals surface area contributed by atoms with E-state index in [2.05, 4.69) is 4.57 Å². The van der Waals surface area contributed by atoms with Crippen LogP contribution in [0.2, 0.25) is 0 Å². The maximum Gasteiger partial charge on any atom is 0.268 e. The molecule has 0 spiro atoms. The molecule has 0 saturated carbocycles. The van der Waals surface area contributed by atoms with Gasteiger partial charge in [0.1, 0.15) is 0 Å². The van der Waals surface area contributed by atoms with Crippen molar-refractivity contribution in [3.05, 3.63) is 77.3 Å². The van der Waals surface area contributed by atoms with Gasteiger partial charge in [-0.1, -0.05) is 25.0 Å². The highest BCUT2D eigenvalue weighted by Crippen LogP contribution is 2.37. The van der Waals surface area contributed by atoms with Gasteiger partial charge in [-0.2, -0.15) is 0 Å². The Morgan fingerprint density at radius 2 is 1.10 bits per heavy atom. The summed E-state index contributed by atoms with van der Waals surface area (Å²) in [5.41, 5.74) is 1.27. The SMILES string of the molecule is CC(C)Oc1c(-c2ccc3c(c2)c2cc(-c4c(OC(C)C)c(=O)c4=O)ccc2n3CCCCCCO)c(=O)c1=O. The lowest BCUT2D eigenvalue weighted by Gasteiger charge is -2.15. The molecule has 0 fully saturated rings. The summed E-state index contributed by atoms with van der Waals surface area (Å²) in [6.45, 7) is 8.14. The first kappa shape index (κ1) is 27.5. The number of fused-ring (bicyclic) bond motifs is 3. The van der Waals surface area contributed by atoms with Gasteiger partial charge in [-0.25, -0.2) is 0 Å². The average Bonchev–Trinajstić information content (AvgIpc) is 3.23. The Morgan fingerprint density at radius 1 is 0.650 bits per heavy atom. The highest BCUT2D eigenvalue weighted by molar-refractivity contribution is 6.11. The molecule has 8 heteroatoms.